The number of anilines is 2. The van der Waals surface area contributed by atoms with Crippen molar-refractivity contribution < 1.29 is 48.6 Å². The van der Waals surface area contributed by atoms with E-state index in [-0.39, 0.29) is 67.5 Å². The molecular weight excluding hydrogens is 688 g/mol. The summed E-state index contributed by atoms with van der Waals surface area (Å²) in [4.78, 5) is 116. The molecule has 0 aliphatic carbocycles. The minimum Gasteiger partial charge on any atom is -0.480 e. The molecule has 1 aromatic carbocycles. The third-order valence-corrected chi connectivity index (χ3v) is 7.27. The van der Waals surface area contributed by atoms with Gasteiger partial charge in [-0.2, -0.15) is 14.6 Å². The number of rotatable bonds is 18. The fourth-order valence-corrected chi connectivity index (χ4v) is 4.39. The van der Waals surface area contributed by atoms with Gasteiger partial charge in [-0.1, -0.05) is 6.92 Å². The quantitative estimate of drug-likeness (QED) is 0.0716. The standard InChI is InChI=1S/C30H38N10O9.CO2/c1-3-20(28(46)47)37-24(42)14(2)35-26(44)19(31)10-8-18(41)9-11-21(29(48)49)38-25(43)15-4-6-16(7-5-15)33-12-17-13-34-23-22(36-17)27(45)40-30(32)39-23;2-1-3/h4-7,13-14,19-21,33H,3,8-12,31H2,1-2H3,(H,35,44)(H,37,42)(H,38,43)(H,46,47)(H,48,49)(H3,32,34,39,40,45);/t14-,19-,20-,21+;/m0./s1. The minimum absolute atomic E-state index is 0.0286. The molecule has 3 rings (SSSR count). The Bertz CT molecular complexity index is 1860. The molecule has 3 amide bonds. The highest BCUT2D eigenvalue weighted by molar-refractivity contribution is 5.97. The number of nitrogens with two attached hydrogens (primary N) is 2. The lowest BCUT2D eigenvalue weighted by molar-refractivity contribution is -0.191. The second-order valence-corrected chi connectivity index (χ2v) is 11.1. The Hall–Kier alpha value is -6.60. The predicted octanol–water partition coefficient (Wildman–Crippen LogP) is -1.55. The number of amides is 3. The lowest BCUT2D eigenvalue weighted by atomic mass is 10.0. The number of ketones is 1. The van der Waals surface area contributed by atoms with Gasteiger partial charge in [0.25, 0.3) is 11.5 Å². The van der Waals surface area contributed by atoms with E-state index < -0.39 is 65.2 Å². The fourth-order valence-electron chi connectivity index (χ4n) is 4.39. The van der Waals surface area contributed by atoms with Crippen molar-refractivity contribution in [2.24, 2.45) is 5.73 Å². The van der Waals surface area contributed by atoms with Crippen molar-refractivity contribution in [3.8, 4) is 0 Å². The summed E-state index contributed by atoms with van der Waals surface area (Å²) in [6.07, 6.45) is 1.16. The summed E-state index contributed by atoms with van der Waals surface area (Å²) >= 11 is 0. The Morgan fingerprint density at radius 2 is 1.52 bits per heavy atom. The van der Waals surface area contributed by atoms with Crippen LogP contribution < -0.4 is 38.3 Å². The molecule has 0 spiro atoms. The number of carbonyl (C=O) groups excluding carboxylic acids is 6. The molecule has 52 heavy (non-hydrogen) atoms. The second kappa shape index (κ2) is 20.2. The molecule has 2 heterocycles. The van der Waals surface area contributed by atoms with E-state index in [1.165, 1.54) is 25.3 Å². The van der Waals surface area contributed by atoms with Gasteiger partial charge in [-0.3, -0.25) is 29.0 Å². The topological polar surface area (TPSA) is 349 Å². The molecule has 0 unspecified atom stereocenters. The van der Waals surface area contributed by atoms with Crippen molar-refractivity contribution >= 4 is 64.4 Å². The zero-order valence-electron chi connectivity index (χ0n) is 28.0. The van der Waals surface area contributed by atoms with E-state index in [9.17, 15) is 38.7 Å². The lowest BCUT2D eigenvalue weighted by Gasteiger charge is -2.19. The molecule has 11 N–H and O–H groups in total. The molecular formula is C31H38N10O11. The highest BCUT2D eigenvalue weighted by Crippen LogP contribution is 2.13. The zero-order chi connectivity index (χ0) is 39.0. The maximum atomic E-state index is 12.7. The molecule has 0 radical (unpaired) electrons. The van der Waals surface area contributed by atoms with E-state index in [4.69, 9.17) is 26.2 Å². The first-order chi connectivity index (χ1) is 24.6. The van der Waals surface area contributed by atoms with Crippen LogP contribution in [0.25, 0.3) is 11.2 Å². The average Bonchev–Trinajstić information content (AvgIpc) is 3.10. The van der Waals surface area contributed by atoms with E-state index >= 15 is 0 Å². The maximum absolute atomic E-state index is 12.7. The highest BCUT2D eigenvalue weighted by Gasteiger charge is 2.25. The summed E-state index contributed by atoms with van der Waals surface area (Å²) < 4.78 is 0. The summed E-state index contributed by atoms with van der Waals surface area (Å²) in [6.45, 7) is 3.12. The summed E-state index contributed by atoms with van der Waals surface area (Å²) in [5.41, 5.74) is 12.2. The molecule has 0 aliphatic heterocycles. The van der Waals surface area contributed by atoms with Crippen LogP contribution in [0.1, 0.15) is 62.0 Å². The second-order valence-electron chi connectivity index (χ2n) is 11.1. The Morgan fingerprint density at radius 3 is 2.12 bits per heavy atom. The zero-order valence-corrected chi connectivity index (χ0v) is 28.0. The van der Waals surface area contributed by atoms with E-state index in [0.29, 0.717) is 11.4 Å². The summed E-state index contributed by atoms with van der Waals surface area (Å²) in [6, 6.07) is 1.39. The van der Waals surface area contributed by atoms with Gasteiger partial charge in [-0.05, 0) is 50.5 Å². The molecule has 2 aromatic heterocycles. The fraction of sp³-hybridized carbons (Fsp3) is 0.387. The molecule has 0 fully saturated rings. The van der Waals surface area contributed by atoms with Gasteiger partial charge in [-0.25, -0.2) is 19.6 Å². The number of nitrogens with one attached hydrogen (secondary N) is 5. The highest BCUT2D eigenvalue weighted by atomic mass is 16.4. The summed E-state index contributed by atoms with van der Waals surface area (Å²) in [5.74, 6) is -5.14. The van der Waals surface area contributed by atoms with Crippen molar-refractivity contribution in [3.05, 3.63) is 52.1 Å². The molecule has 0 bridgehead atoms. The Morgan fingerprint density at radius 1 is 0.904 bits per heavy atom. The van der Waals surface area contributed by atoms with Crippen LogP contribution in [0.15, 0.2) is 35.3 Å². The van der Waals surface area contributed by atoms with Gasteiger partial charge in [0.1, 0.15) is 23.9 Å². The molecule has 278 valence electrons. The van der Waals surface area contributed by atoms with Crippen LogP contribution in [-0.4, -0.2) is 95.9 Å². The minimum atomic E-state index is -1.37. The molecule has 4 atom stereocenters. The van der Waals surface area contributed by atoms with Gasteiger partial charge in [0.2, 0.25) is 17.8 Å². The number of carboxylic acid groups (broad SMARTS) is 2. The maximum Gasteiger partial charge on any atom is 0.373 e. The number of nitrogens with zero attached hydrogens (tertiary/aromatic N) is 3. The monoisotopic (exact) mass is 726 g/mol. The molecule has 21 nitrogen and oxygen atoms in total. The smallest absolute Gasteiger partial charge is 0.373 e. The third-order valence-electron chi connectivity index (χ3n) is 7.27. The van der Waals surface area contributed by atoms with Crippen LogP contribution in [0.5, 0.6) is 0 Å². The number of Topliss-reactive ketones (excluding diaryl/α,β-unsaturated/α-hetero) is 1. The number of carboxylic acids is 2. The SMILES string of the molecule is CC[C@H](NC(=O)[C@H](C)NC(=O)[C@@H](N)CCC(=O)CC[C@@H](NC(=O)c1ccc(NCc2cnc3nc(N)[nH]c(=O)c3n2)cc1)C(=O)O)C(=O)O.O=C=O. The Balaban J connectivity index is 0.00000301. The van der Waals surface area contributed by atoms with Gasteiger partial charge < -0.3 is 42.9 Å². The number of carbonyl (C=O) groups is 6. The van der Waals surface area contributed by atoms with Crippen molar-refractivity contribution in [1.82, 2.24) is 35.9 Å². The average molecular weight is 727 g/mol. The lowest BCUT2D eigenvalue weighted by Crippen LogP contribution is -2.53. The van der Waals surface area contributed by atoms with E-state index in [0.717, 1.165) is 0 Å². The van der Waals surface area contributed by atoms with E-state index in [2.05, 4.69) is 41.2 Å². The number of benzene rings is 1. The van der Waals surface area contributed by atoms with Gasteiger partial charge in [0.05, 0.1) is 24.5 Å². The van der Waals surface area contributed by atoms with Crippen LogP contribution in [0.4, 0.5) is 11.6 Å². The van der Waals surface area contributed by atoms with Crippen molar-refractivity contribution in [2.75, 3.05) is 11.1 Å². The molecule has 0 saturated carbocycles. The van der Waals surface area contributed by atoms with Crippen molar-refractivity contribution in [1.29, 1.82) is 0 Å². The number of hydrogen-bond acceptors (Lipinski definition) is 15. The van der Waals surface area contributed by atoms with Crippen LogP contribution in [-0.2, 0) is 40.1 Å². The number of nitrogen functional groups attached to an aromatic ring is 1. The first kappa shape index (κ1) is 41.6. The van der Waals surface area contributed by atoms with Crippen molar-refractivity contribution in [3.63, 3.8) is 0 Å². The molecule has 0 saturated heterocycles. The van der Waals surface area contributed by atoms with Crippen molar-refractivity contribution in [2.45, 2.75) is 76.7 Å². The van der Waals surface area contributed by atoms with E-state index in [1.54, 1.807) is 19.1 Å². The van der Waals surface area contributed by atoms with Crippen LogP contribution in [0, 0.1) is 0 Å². The summed E-state index contributed by atoms with van der Waals surface area (Å²) in [7, 11) is 0. The van der Waals surface area contributed by atoms with Crippen LogP contribution in [0.3, 0.4) is 0 Å². The molecule has 0 aliphatic rings. The first-order valence-electron chi connectivity index (χ1n) is 15.6. The number of fused-ring (bicyclic) bond motifs is 1. The molecule has 3 aromatic rings. The number of H-pyrrole nitrogens is 1. The normalized spacial score (nSPS) is 12.8. The first-order valence-corrected chi connectivity index (χ1v) is 15.6. The van der Waals surface area contributed by atoms with Crippen LogP contribution >= 0.6 is 0 Å². The van der Waals surface area contributed by atoms with Gasteiger partial charge in [-0.15, -0.1) is 0 Å². The van der Waals surface area contributed by atoms with Gasteiger partial charge >= 0.3 is 18.1 Å². The number of hydrogen-bond donors (Lipinski definition) is 9. The van der Waals surface area contributed by atoms with E-state index in [1.807, 2.05) is 0 Å². The number of aromatic amines is 1. The largest absolute Gasteiger partial charge is 0.480 e. The molecule has 21 heteroatoms. The predicted molar refractivity (Wildman–Crippen MR) is 179 cm³/mol. The number of aromatic nitrogens is 4. The van der Waals surface area contributed by atoms with Gasteiger partial charge in [0.15, 0.2) is 11.2 Å². The van der Waals surface area contributed by atoms with Gasteiger partial charge in [0, 0.05) is 24.1 Å². The third kappa shape index (κ3) is 13.0. The number of aliphatic carboxylic acids is 2. The van der Waals surface area contributed by atoms with Crippen LogP contribution in [0.2, 0.25) is 0 Å². The Labute approximate surface area is 294 Å². The Kier molecular flexibility index (Phi) is 16.1. The summed E-state index contributed by atoms with van der Waals surface area (Å²) in [5, 5.41) is 28.8.